The summed E-state index contributed by atoms with van der Waals surface area (Å²) >= 11 is 0. The molecular weight excluding hydrogens is 256 g/mol. The Hall–Kier alpha value is -3.02. The van der Waals surface area contributed by atoms with E-state index in [1.54, 1.807) is 24.3 Å². The predicted molar refractivity (Wildman–Crippen MR) is 70.6 cm³/mol. The standard InChI is InChI=1S/C14H10N4O2/c15-9-7-8(10(16)12(18)11(9)17)14(20)6-4-2-1-3-5(6)13(7)19/h1-4,15-20H. The van der Waals surface area contributed by atoms with Gasteiger partial charge in [-0.25, -0.2) is 0 Å². The molecule has 20 heavy (non-hydrogen) atoms. The van der Waals surface area contributed by atoms with Crippen molar-refractivity contribution in [1.29, 1.82) is 21.6 Å². The minimum atomic E-state index is -0.438. The second kappa shape index (κ2) is 3.74. The quantitative estimate of drug-likeness (QED) is 0.256. The van der Waals surface area contributed by atoms with Crippen molar-refractivity contribution in [2.75, 3.05) is 0 Å². The minimum Gasteiger partial charge on any atom is -0.507 e. The van der Waals surface area contributed by atoms with E-state index in [0.29, 0.717) is 10.8 Å². The number of rotatable bonds is 0. The molecule has 0 unspecified atom stereocenters. The molecule has 0 bridgehead atoms. The lowest BCUT2D eigenvalue weighted by molar-refractivity contribution is 0.477. The smallest absolute Gasteiger partial charge is 0.133 e. The summed E-state index contributed by atoms with van der Waals surface area (Å²) < 4.78 is 0. The van der Waals surface area contributed by atoms with Crippen molar-refractivity contribution >= 4 is 21.5 Å². The highest BCUT2D eigenvalue weighted by atomic mass is 16.3. The van der Waals surface area contributed by atoms with Gasteiger partial charge in [0.25, 0.3) is 0 Å². The highest BCUT2D eigenvalue weighted by Gasteiger charge is 2.16. The zero-order chi connectivity index (χ0) is 14.6. The van der Waals surface area contributed by atoms with Crippen LogP contribution in [-0.4, -0.2) is 10.2 Å². The molecule has 6 nitrogen and oxygen atoms in total. The molecule has 0 radical (unpaired) electrons. The molecule has 6 N–H and O–H groups in total. The fourth-order valence-corrected chi connectivity index (χ4v) is 2.39. The fourth-order valence-electron chi connectivity index (χ4n) is 2.39. The van der Waals surface area contributed by atoms with Gasteiger partial charge in [-0.1, -0.05) is 24.3 Å². The molecule has 0 saturated carbocycles. The van der Waals surface area contributed by atoms with Crippen LogP contribution in [0.5, 0.6) is 11.5 Å². The lowest BCUT2D eigenvalue weighted by atomic mass is 9.99. The van der Waals surface area contributed by atoms with Crippen LogP contribution in [0.1, 0.15) is 0 Å². The largest absolute Gasteiger partial charge is 0.507 e. The van der Waals surface area contributed by atoms with E-state index in [2.05, 4.69) is 0 Å². The maximum Gasteiger partial charge on any atom is 0.133 e. The van der Waals surface area contributed by atoms with Crippen LogP contribution < -0.4 is 21.4 Å². The maximum atomic E-state index is 10.3. The topological polar surface area (TPSA) is 136 Å². The van der Waals surface area contributed by atoms with Crippen molar-refractivity contribution in [1.82, 2.24) is 0 Å². The van der Waals surface area contributed by atoms with E-state index in [0.717, 1.165) is 0 Å². The molecule has 0 aliphatic rings. The van der Waals surface area contributed by atoms with E-state index >= 15 is 0 Å². The molecule has 0 fully saturated rings. The highest BCUT2D eigenvalue weighted by Crippen LogP contribution is 2.37. The van der Waals surface area contributed by atoms with E-state index in [1.165, 1.54) is 0 Å². The first-order valence-electron chi connectivity index (χ1n) is 5.77. The van der Waals surface area contributed by atoms with Crippen LogP contribution in [0.15, 0.2) is 24.3 Å². The molecule has 0 spiro atoms. The van der Waals surface area contributed by atoms with Gasteiger partial charge in [0, 0.05) is 10.8 Å². The van der Waals surface area contributed by atoms with Crippen LogP contribution in [-0.2, 0) is 0 Å². The minimum absolute atomic E-state index is 0.0628. The van der Waals surface area contributed by atoms with Crippen LogP contribution in [0.3, 0.4) is 0 Å². The first kappa shape index (κ1) is 12.0. The third-order valence-corrected chi connectivity index (χ3v) is 3.41. The second-order valence-electron chi connectivity index (χ2n) is 4.49. The van der Waals surface area contributed by atoms with Crippen molar-refractivity contribution < 1.29 is 10.2 Å². The summed E-state index contributed by atoms with van der Waals surface area (Å²) in [4.78, 5) is 0. The van der Waals surface area contributed by atoms with E-state index < -0.39 is 10.7 Å². The summed E-state index contributed by atoms with van der Waals surface area (Å²) in [6.07, 6.45) is 0. The number of hydrogen-bond donors (Lipinski definition) is 6. The lowest BCUT2D eigenvalue weighted by Gasteiger charge is -2.09. The SMILES string of the molecule is N=c1c(=N)c(=N)c2c(O)c3ccccc3c(O)c2c1=N. The van der Waals surface area contributed by atoms with Crippen molar-refractivity contribution in [3.05, 3.63) is 45.7 Å². The van der Waals surface area contributed by atoms with Gasteiger partial charge in [-0.3, -0.25) is 21.6 Å². The van der Waals surface area contributed by atoms with Gasteiger partial charge < -0.3 is 10.2 Å². The van der Waals surface area contributed by atoms with Gasteiger partial charge in [-0.2, -0.15) is 0 Å². The number of hydrogen-bond acceptors (Lipinski definition) is 6. The van der Waals surface area contributed by atoms with Crippen molar-refractivity contribution in [3.8, 4) is 11.5 Å². The highest BCUT2D eigenvalue weighted by molar-refractivity contribution is 6.09. The lowest BCUT2D eigenvalue weighted by Crippen LogP contribution is -2.47. The Kier molecular flexibility index (Phi) is 2.25. The Morgan fingerprint density at radius 1 is 0.600 bits per heavy atom. The van der Waals surface area contributed by atoms with Crippen LogP contribution in [0, 0.1) is 21.6 Å². The molecule has 98 valence electrons. The van der Waals surface area contributed by atoms with E-state index in [9.17, 15) is 10.2 Å². The third kappa shape index (κ3) is 1.27. The Morgan fingerprint density at radius 2 is 0.950 bits per heavy atom. The van der Waals surface area contributed by atoms with E-state index in [-0.39, 0.29) is 33.0 Å². The van der Waals surface area contributed by atoms with Crippen molar-refractivity contribution in [2.45, 2.75) is 0 Å². The summed E-state index contributed by atoms with van der Waals surface area (Å²) in [5, 5.41) is 50.6. The number of benzene rings is 3. The summed E-state index contributed by atoms with van der Waals surface area (Å²) in [7, 11) is 0. The van der Waals surface area contributed by atoms with Gasteiger partial charge in [0.2, 0.25) is 0 Å². The summed E-state index contributed by atoms with van der Waals surface area (Å²) in [6.45, 7) is 0. The van der Waals surface area contributed by atoms with Crippen molar-refractivity contribution in [2.24, 2.45) is 0 Å². The van der Waals surface area contributed by atoms with Crippen LogP contribution in [0.25, 0.3) is 21.5 Å². The monoisotopic (exact) mass is 266 g/mol. The number of nitrogens with one attached hydrogen (secondary N) is 4. The average Bonchev–Trinajstić information content (AvgIpc) is 2.46. The molecule has 0 amide bonds. The maximum absolute atomic E-state index is 10.3. The fraction of sp³-hybridized carbons (Fsp3) is 0. The first-order chi connectivity index (χ1) is 9.45. The molecule has 0 atom stereocenters. The molecule has 6 heteroatoms. The molecule has 0 saturated heterocycles. The predicted octanol–water partition coefficient (Wildman–Crippen LogP) is 0.198. The zero-order valence-corrected chi connectivity index (χ0v) is 10.2. The Labute approximate surface area is 111 Å². The number of phenolic OH excluding ortho intramolecular Hbond substituents is 2. The Balaban J connectivity index is 2.91. The van der Waals surface area contributed by atoms with E-state index in [1.807, 2.05) is 0 Å². The zero-order valence-electron chi connectivity index (χ0n) is 10.2. The molecule has 3 aromatic rings. The Morgan fingerprint density at radius 3 is 1.30 bits per heavy atom. The van der Waals surface area contributed by atoms with Crippen LogP contribution in [0.4, 0.5) is 0 Å². The third-order valence-electron chi connectivity index (χ3n) is 3.41. The summed E-state index contributed by atoms with van der Waals surface area (Å²) in [6, 6.07) is 6.54. The van der Waals surface area contributed by atoms with Gasteiger partial charge in [-0.05, 0) is 0 Å². The van der Waals surface area contributed by atoms with Gasteiger partial charge in [-0.15, -0.1) is 0 Å². The molecular formula is C14H10N4O2. The van der Waals surface area contributed by atoms with Gasteiger partial charge in [0.15, 0.2) is 0 Å². The van der Waals surface area contributed by atoms with Crippen LogP contribution >= 0.6 is 0 Å². The molecule has 3 rings (SSSR count). The van der Waals surface area contributed by atoms with Gasteiger partial charge in [0.05, 0.1) is 21.5 Å². The molecule has 0 aliphatic heterocycles. The number of fused-ring (bicyclic) bond motifs is 2. The normalized spacial score (nSPS) is 11.2. The number of phenols is 2. The van der Waals surface area contributed by atoms with E-state index in [4.69, 9.17) is 21.6 Å². The Bertz CT molecular complexity index is 1000. The van der Waals surface area contributed by atoms with Gasteiger partial charge in [0.1, 0.15) is 22.2 Å². The molecule has 0 heterocycles. The van der Waals surface area contributed by atoms with Crippen molar-refractivity contribution in [3.63, 3.8) is 0 Å². The molecule has 0 aromatic heterocycles. The molecule has 3 aromatic carbocycles. The van der Waals surface area contributed by atoms with Crippen LogP contribution in [0.2, 0.25) is 0 Å². The summed E-state index contributed by atoms with van der Waals surface area (Å²) in [5.41, 5.74) is 0. The van der Waals surface area contributed by atoms with Gasteiger partial charge >= 0.3 is 0 Å². The average molecular weight is 266 g/mol. The number of aromatic hydroxyl groups is 2. The molecule has 0 aliphatic carbocycles. The summed E-state index contributed by atoms with van der Waals surface area (Å²) in [5.74, 6) is -0.499. The second-order valence-corrected chi connectivity index (χ2v) is 4.49. The first-order valence-corrected chi connectivity index (χ1v) is 5.77.